The summed E-state index contributed by atoms with van der Waals surface area (Å²) in [4.78, 5) is 14.7. The highest BCUT2D eigenvalue weighted by Gasteiger charge is 2.27. The standard InChI is InChI=1S/C23H25FN2O4/c1-15-21(16(2)30-25-15)12-20-9-10-22(29-20)23(27)26-11-3-4-17(13-26)14-28-19-7-5-18(24)6-8-19/h5-10,17H,3-4,11-14H2,1-2H3/t17-/m0/s1. The summed E-state index contributed by atoms with van der Waals surface area (Å²) in [6.45, 7) is 5.56. The molecule has 0 radical (unpaired) electrons. The summed E-state index contributed by atoms with van der Waals surface area (Å²) < 4.78 is 29.8. The molecular formula is C23H25FN2O4. The smallest absolute Gasteiger partial charge is 0.289 e. The Morgan fingerprint density at radius 1 is 1.23 bits per heavy atom. The summed E-state index contributed by atoms with van der Waals surface area (Å²) in [5, 5.41) is 3.96. The van der Waals surface area contributed by atoms with Crippen molar-refractivity contribution in [2.24, 2.45) is 5.92 Å². The van der Waals surface area contributed by atoms with Crippen LogP contribution in [0.2, 0.25) is 0 Å². The molecule has 0 saturated carbocycles. The number of likely N-dealkylation sites (tertiary alicyclic amines) is 1. The molecule has 1 aliphatic rings. The molecule has 30 heavy (non-hydrogen) atoms. The fourth-order valence-corrected chi connectivity index (χ4v) is 3.80. The first-order valence-corrected chi connectivity index (χ1v) is 10.2. The summed E-state index contributed by atoms with van der Waals surface area (Å²) in [7, 11) is 0. The number of aromatic nitrogens is 1. The lowest BCUT2D eigenvalue weighted by atomic mass is 9.99. The molecule has 158 valence electrons. The van der Waals surface area contributed by atoms with Crippen molar-refractivity contribution in [2.45, 2.75) is 33.1 Å². The van der Waals surface area contributed by atoms with Crippen LogP contribution in [0.15, 0.2) is 45.3 Å². The van der Waals surface area contributed by atoms with Gasteiger partial charge in [0.05, 0.1) is 12.3 Å². The average Bonchev–Trinajstić information content (AvgIpc) is 3.35. The van der Waals surface area contributed by atoms with Crippen LogP contribution in [-0.4, -0.2) is 35.7 Å². The van der Waals surface area contributed by atoms with E-state index >= 15 is 0 Å². The number of amides is 1. The van der Waals surface area contributed by atoms with E-state index in [9.17, 15) is 9.18 Å². The lowest BCUT2D eigenvalue weighted by Crippen LogP contribution is -2.41. The predicted molar refractivity (Wildman–Crippen MR) is 108 cm³/mol. The molecule has 3 heterocycles. The minimum atomic E-state index is -0.288. The minimum absolute atomic E-state index is 0.105. The zero-order valence-electron chi connectivity index (χ0n) is 17.2. The van der Waals surface area contributed by atoms with Crippen LogP contribution < -0.4 is 4.74 Å². The second kappa shape index (κ2) is 8.73. The van der Waals surface area contributed by atoms with Gasteiger partial charge in [0.25, 0.3) is 5.91 Å². The van der Waals surface area contributed by atoms with Crippen molar-refractivity contribution in [2.75, 3.05) is 19.7 Å². The quantitative estimate of drug-likeness (QED) is 0.594. The van der Waals surface area contributed by atoms with Gasteiger partial charge in [-0.15, -0.1) is 0 Å². The minimum Gasteiger partial charge on any atom is -0.493 e. The van der Waals surface area contributed by atoms with E-state index in [0.717, 1.165) is 29.9 Å². The van der Waals surface area contributed by atoms with Gasteiger partial charge < -0.3 is 18.6 Å². The zero-order chi connectivity index (χ0) is 21.1. The molecule has 0 unspecified atom stereocenters. The molecule has 3 aromatic rings. The number of hydrogen-bond donors (Lipinski definition) is 0. The number of furan rings is 1. The summed E-state index contributed by atoms with van der Waals surface area (Å²) in [6, 6.07) is 9.55. The first-order chi connectivity index (χ1) is 14.5. The third kappa shape index (κ3) is 4.56. The molecule has 1 atom stereocenters. The van der Waals surface area contributed by atoms with Gasteiger partial charge in [0.15, 0.2) is 5.76 Å². The lowest BCUT2D eigenvalue weighted by molar-refractivity contribution is 0.0600. The number of ether oxygens (including phenoxy) is 1. The molecule has 6 nitrogen and oxygen atoms in total. The topological polar surface area (TPSA) is 68.7 Å². The Morgan fingerprint density at radius 2 is 2.03 bits per heavy atom. The number of piperidine rings is 1. The number of rotatable bonds is 6. The van der Waals surface area contributed by atoms with Crippen LogP contribution in [0.4, 0.5) is 4.39 Å². The molecule has 1 fully saturated rings. The SMILES string of the molecule is Cc1noc(C)c1Cc1ccc(C(=O)N2CCC[C@H](COc3ccc(F)cc3)C2)o1. The molecule has 2 aromatic heterocycles. The number of nitrogens with zero attached hydrogens (tertiary/aromatic N) is 2. The zero-order valence-corrected chi connectivity index (χ0v) is 17.2. The van der Waals surface area contributed by atoms with E-state index in [0.29, 0.717) is 43.4 Å². The van der Waals surface area contributed by atoms with Crippen molar-refractivity contribution in [1.29, 1.82) is 0 Å². The van der Waals surface area contributed by atoms with E-state index in [1.165, 1.54) is 12.1 Å². The number of benzene rings is 1. The number of hydrogen-bond acceptors (Lipinski definition) is 5. The molecule has 0 bridgehead atoms. The second-order valence-electron chi connectivity index (χ2n) is 7.77. The summed E-state index contributed by atoms with van der Waals surface area (Å²) in [5.41, 5.74) is 1.82. The van der Waals surface area contributed by atoms with Gasteiger partial charge in [-0.25, -0.2) is 4.39 Å². The average molecular weight is 412 g/mol. The molecule has 0 N–H and O–H groups in total. The van der Waals surface area contributed by atoms with Crippen molar-refractivity contribution < 1.29 is 22.9 Å². The van der Waals surface area contributed by atoms with E-state index in [1.807, 2.05) is 24.8 Å². The van der Waals surface area contributed by atoms with Crippen molar-refractivity contribution in [1.82, 2.24) is 10.1 Å². The Balaban J connectivity index is 1.35. The summed E-state index contributed by atoms with van der Waals surface area (Å²) in [6.07, 6.45) is 2.44. The van der Waals surface area contributed by atoms with Gasteiger partial charge in [-0.3, -0.25) is 4.79 Å². The molecule has 0 aliphatic carbocycles. The Morgan fingerprint density at radius 3 is 2.77 bits per heavy atom. The predicted octanol–water partition coefficient (Wildman–Crippen LogP) is 4.55. The van der Waals surface area contributed by atoms with Gasteiger partial charge >= 0.3 is 0 Å². The van der Waals surface area contributed by atoms with Crippen LogP contribution in [0.5, 0.6) is 5.75 Å². The van der Waals surface area contributed by atoms with Gasteiger partial charge in [0.1, 0.15) is 23.1 Å². The highest BCUT2D eigenvalue weighted by Crippen LogP contribution is 2.23. The highest BCUT2D eigenvalue weighted by atomic mass is 19.1. The second-order valence-corrected chi connectivity index (χ2v) is 7.77. The number of carbonyl (C=O) groups excluding carboxylic acids is 1. The molecular weight excluding hydrogens is 387 g/mol. The number of aryl methyl sites for hydroxylation is 2. The van der Waals surface area contributed by atoms with Gasteiger partial charge in [0.2, 0.25) is 0 Å². The van der Waals surface area contributed by atoms with Crippen molar-refractivity contribution in [3.8, 4) is 5.75 Å². The molecule has 1 amide bonds. The van der Waals surface area contributed by atoms with Crippen molar-refractivity contribution >= 4 is 5.91 Å². The number of carbonyl (C=O) groups is 1. The monoisotopic (exact) mass is 412 g/mol. The normalized spacial score (nSPS) is 16.6. The molecule has 1 saturated heterocycles. The van der Waals surface area contributed by atoms with E-state index in [1.54, 1.807) is 18.2 Å². The highest BCUT2D eigenvalue weighted by molar-refractivity contribution is 5.91. The van der Waals surface area contributed by atoms with Crippen LogP contribution >= 0.6 is 0 Å². The Labute approximate surface area is 174 Å². The first-order valence-electron chi connectivity index (χ1n) is 10.2. The van der Waals surface area contributed by atoms with E-state index in [2.05, 4.69) is 5.16 Å². The van der Waals surface area contributed by atoms with Gasteiger partial charge in [-0.1, -0.05) is 5.16 Å². The Bertz CT molecular complexity index is 989. The van der Waals surface area contributed by atoms with Crippen molar-refractivity contribution in [3.63, 3.8) is 0 Å². The van der Waals surface area contributed by atoms with Gasteiger partial charge in [-0.05, 0) is 63.1 Å². The molecule has 7 heteroatoms. The Hall–Kier alpha value is -3.09. The van der Waals surface area contributed by atoms with E-state index < -0.39 is 0 Å². The van der Waals surface area contributed by atoms with Crippen molar-refractivity contribution in [3.05, 3.63) is 70.8 Å². The summed E-state index contributed by atoms with van der Waals surface area (Å²) in [5.74, 6) is 2.28. The third-order valence-electron chi connectivity index (χ3n) is 5.51. The fourth-order valence-electron chi connectivity index (χ4n) is 3.80. The molecule has 0 spiro atoms. The van der Waals surface area contributed by atoms with Gasteiger partial charge in [-0.2, -0.15) is 0 Å². The lowest BCUT2D eigenvalue weighted by Gasteiger charge is -2.32. The van der Waals surface area contributed by atoms with Crippen LogP contribution in [0.25, 0.3) is 0 Å². The largest absolute Gasteiger partial charge is 0.493 e. The maximum absolute atomic E-state index is 13.0. The number of halogens is 1. The molecule has 4 rings (SSSR count). The van der Waals surface area contributed by atoms with E-state index in [-0.39, 0.29) is 17.6 Å². The summed E-state index contributed by atoms with van der Waals surface area (Å²) >= 11 is 0. The molecule has 1 aliphatic heterocycles. The van der Waals surface area contributed by atoms with Crippen LogP contribution in [-0.2, 0) is 6.42 Å². The van der Waals surface area contributed by atoms with Crippen LogP contribution in [0, 0.1) is 25.6 Å². The van der Waals surface area contributed by atoms with Gasteiger partial charge in [0, 0.05) is 31.0 Å². The molecule has 1 aromatic carbocycles. The fraction of sp³-hybridized carbons (Fsp3) is 0.391. The maximum Gasteiger partial charge on any atom is 0.289 e. The first kappa shape index (κ1) is 20.2. The maximum atomic E-state index is 13.0. The third-order valence-corrected chi connectivity index (χ3v) is 5.51. The Kier molecular flexibility index (Phi) is 5.88. The van der Waals surface area contributed by atoms with E-state index in [4.69, 9.17) is 13.7 Å². The van der Waals surface area contributed by atoms with Crippen LogP contribution in [0.3, 0.4) is 0 Å². The van der Waals surface area contributed by atoms with Crippen LogP contribution in [0.1, 0.15) is 46.2 Å².